The molecule has 1 atom stereocenters. The van der Waals surface area contributed by atoms with Gasteiger partial charge >= 0.3 is 0 Å². The normalized spacial score (nSPS) is 18.3. The first kappa shape index (κ1) is 19.7. The fraction of sp³-hybridized carbons (Fsp3) is 0.238. The van der Waals surface area contributed by atoms with E-state index in [9.17, 15) is 8.42 Å². The molecule has 150 valence electrons. The minimum absolute atomic E-state index is 0.0972. The molecular weight excluding hydrogens is 410 g/mol. The Bertz CT molecular complexity index is 1160. The third-order valence-corrected chi connectivity index (χ3v) is 6.87. The highest BCUT2D eigenvalue weighted by Gasteiger charge is 2.27. The van der Waals surface area contributed by atoms with E-state index in [0.29, 0.717) is 22.9 Å². The third kappa shape index (κ3) is 4.36. The van der Waals surface area contributed by atoms with Crippen LogP contribution in [0.25, 0.3) is 16.9 Å². The van der Waals surface area contributed by atoms with Crippen LogP contribution in [0.4, 0.5) is 0 Å². The summed E-state index contributed by atoms with van der Waals surface area (Å²) in [6, 6.07) is 15.0. The van der Waals surface area contributed by atoms with Gasteiger partial charge in [-0.25, -0.2) is 13.1 Å². The molecule has 29 heavy (non-hydrogen) atoms. The van der Waals surface area contributed by atoms with Gasteiger partial charge in [-0.3, -0.25) is 4.99 Å². The smallest absolute Gasteiger partial charge is 0.152 e. The molecule has 1 aliphatic heterocycles. The summed E-state index contributed by atoms with van der Waals surface area (Å²) in [6.45, 7) is 0. The molecule has 1 fully saturated rings. The van der Waals surface area contributed by atoms with Gasteiger partial charge in [0, 0.05) is 23.5 Å². The van der Waals surface area contributed by atoms with E-state index >= 15 is 0 Å². The van der Waals surface area contributed by atoms with Crippen molar-refractivity contribution in [3.05, 3.63) is 65.3 Å². The number of para-hydroxylation sites is 1. The molecule has 0 bridgehead atoms. The van der Waals surface area contributed by atoms with E-state index in [2.05, 4.69) is 4.99 Å². The van der Waals surface area contributed by atoms with Gasteiger partial charge in [-0.1, -0.05) is 29.8 Å². The highest BCUT2D eigenvalue weighted by atomic mass is 35.5. The van der Waals surface area contributed by atoms with Gasteiger partial charge in [0.2, 0.25) is 0 Å². The molecule has 2 aromatic carbocycles. The number of hydrogen-bond donors (Lipinski definition) is 0. The Labute approximate surface area is 174 Å². The summed E-state index contributed by atoms with van der Waals surface area (Å²) in [7, 11) is -1.41. The molecule has 0 aliphatic carbocycles. The molecular formula is C21H20ClN3O3S. The zero-order chi connectivity index (χ0) is 20.4. The molecule has 0 unspecified atom stereocenters. The fourth-order valence-corrected chi connectivity index (χ4v) is 5.21. The van der Waals surface area contributed by atoms with Crippen molar-refractivity contribution in [2.75, 3.05) is 18.6 Å². The summed E-state index contributed by atoms with van der Waals surface area (Å²) < 4.78 is 30.4. The summed E-state index contributed by atoms with van der Waals surface area (Å²) in [5, 5.41) is 5.22. The van der Waals surface area contributed by atoms with E-state index in [4.69, 9.17) is 21.4 Å². The zero-order valence-electron chi connectivity index (χ0n) is 15.8. The maximum absolute atomic E-state index is 11.7. The van der Waals surface area contributed by atoms with Crippen LogP contribution in [0.15, 0.2) is 59.7 Å². The zero-order valence-corrected chi connectivity index (χ0v) is 17.4. The molecule has 0 spiro atoms. The van der Waals surface area contributed by atoms with Crippen LogP contribution < -0.4 is 4.74 Å². The van der Waals surface area contributed by atoms with Crippen molar-refractivity contribution < 1.29 is 13.2 Å². The Balaban J connectivity index is 1.74. The van der Waals surface area contributed by atoms with Crippen LogP contribution in [0, 0.1) is 0 Å². The minimum Gasteiger partial charge on any atom is -0.495 e. The molecule has 0 radical (unpaired) electrons. The topological polar surface area (TPSA) is 73.5 Å². The number of benzene rings is 2. The second-order valence-electron chi connectivity index (χ2n) is 6.90. The minimum atomic E-state index is -2.98. The van der Waals surface area contributed by atoms with E-state index in [1.54, 1.807) is 30.1 Å². The molecule has 1 saturated heterocycles. The standard InChI is InChI=1S/C21H20ClN3O3S/c1-28-20-8-7-15(11-19(20)22)21-16(12-23-17-9-10-29(26,27)14-17)13-25(24-21)18-5-3-2-4-6-18/h2-8,11-13,17H,9-10,14H2,1H3/t17-/m0/s1. The van der Waals surface area contributed by atoms with Crippen LogP contribution in [-0.4, -0.2) is 49.1 Å². The molecule has 0 amide bonds. The number of halogens is 1. The van der Waals surface area contributed by atoms with Crippen molar-refractivity contribution in [2.45, 2.75) is 12.5 Å². The average Bonchev–Trinajstić information content (AvgIpc) is 3.30. The molecule has 0 N–H and O–H groups in total. The predicted octanol–water partition coefficient (Wildman–Crippen LogP) is 3.81. The number of hydrogen-bond acceptors (Lipinski definition) is 5. The van der Waals surface area contributed by atoms with E-state index in [1.807, 2.05) is 42.6 Å². The van der Waals surface area contributed by atoms with Crippen LogP contribution in [0.1, 0.15) is 12.0 Å². The van der Waals surface area contributed by atoms with Crippen LogP contribution >= 0.6 is 11.6 Å². The van der Waals surface area contributed by atoms with Gasteiger partial charge in [-0.2, -0.15) is 5.10 Å². The van der Waals surface area contributed by atoms with Crippen LogP contribution in [0.5, 0.6) is 5.75 Å². The number of methoxy groups -OCH3 is 1. The Kier molecular flexibility index (Phi) is 5.43. The average molecular weight is 430 g/mol. The Morgan fingerprint density at radius 1 is 1.24 bits per heavy atom. The van der Waals surface area contributed by atoms with Crippen molar-refractivity contribution in [3.8, 4) is 22.7 Å². The van der Waals surface area contributed by atoms with E-state index in [0.717, 1.165) is 16.8 Å². The lowest BCUT2D eigenvalue weighted by molar-refractivity contribution is 0.415. The van der Waals surface area contributed by atoms with Gasteiger partial charge in [-0.05, 0) is 36.8 Å². The van der Waals surface area contributed by atoms with Gasteiger partial charge in [0.05, 0.1) is 35.4 Å². The molecule has 1 aliphatic rings. The van der Waals surface area contributed by atoms with Gasteiger partial charge in [0.1, 0.15) is 11.4 Å². The third-order valence-electron chi connectivity index (χ3n) is 4.82. The van der Waals surface area contributed by atoms with E-state index in [-0.39, 0.29) is 17.5 Å². The first-order valence-corrected chi connectivity index (χ1v) is 11.4. The number of rotatable bonds is 5. The lowest BCUT2D eigenvalue weighted by Gasteiger charge is -2.05. The fourth-order valence-electron chi connectivity index (χ4n) is 3.31. The lowest BCUT2D eigenvalue weighted by atomic mass is 10.1. The maximum atomic E-state index is 11.7. The molecule has 0 saturated carbocycles. The Hall–Kier alpha value is -2.64. The van der Waals surface area contributed by atoms with Gasteiger partial charge < -0.3 is 4.74 Å². The number of nitrogens with zero attached hydrogens (tertiary/aromatic N) is 3. The molecule has 6 nitrogen and oxygen atoms in total. The van der Waals surface area contributed by atoms with Crippen molar-refractivity contribution in [2.24, 2.45) is 4.99 Å². The molecule has 1 aromatic heterocycles. The van der Waals surface area contributed by atoms with Crippen LogP contribution in [0.2, 0.25) is 5.02 Å². The second kappa shape index (κ2) is 8.00. The first-order chi connectivity index (χ1) is 13.9. The summed E-state index contributed by atoms with van der Waals surface area (Å²) in [5.74, 6) is 0.878. The quantitative estimate of drug-likeness (QED) is 0.578. The van der Waals surface area contributed by atoms with E-state index in [1.165, 1.54) is 0 Å². The Morgan fingerprint density at radius 2 is 2.03 bits per heavy atom. The summed E-state index contributed by atoms with van der Waals surface area (Å²) in [4.78, 5) is 4.52. The predicted molar refractivity (Wildman–Crippen MR) is 115 cm³/mol. The second-order valence-corrected chi connectivity index (χ2v) is 9.53. The number of aliphatic imine (C=N–C) groups is 1. The highest BCUT2D eigenvalue weighted by Crippen LogP contribution is 2.31. The Morgan fingerprint density at radius 3 is 2.69 bits per heavy atom. The maximum Gasteiger partial charge on any atom is 0.152 e. The van der Waals surface area contributed by atoms with Crippen molar-refractivity contribution in [3.63, 3.8) is 0 Å². The summed E-state index contributed by atoms with van der Waals surface area (Å²) in [6.07, 6.45) is 4.15. The van der Waals surface area contributed by atoms with Crippen LogP contribution in [0.3, 0.4) is 0 Å². The van der Waals surface area contributed by atoms with Crippen LogP contribution in [-0.2, 0) is 9.84 Å². The number of sulfone groups is 1. The summed E-state index contributed by atoms with van der Waals surface area (Å²) in [5.41, 5.74) is 3.24. The largest absolute Gasteiger partial charge is 0.495 e. The van der Waals surface area contributed by atoms with Gasteiger partial charge in [0.25, 0.3) is 0 Å². The highest BCUT2D eigenvalue weighted by molar-refractivity contribution is 7.91. The van der Waals surface area contributed by atoms with Gasteiger partial charge in [-0.15, -0.1) is 0 Å². The molecule has 8 heteroatoms. The van der Waals surface area contributed by atoms with Crippen molar-refractivity contribution in [1.82, 2.24) is 9.78 Å². The number of ether oxygens (including phenoxy) is 1. The van der Waals surface area contributed by atoms with E-state index < -0.39 is 9.84 Å². The van der Waals surface area contributed by atoms with Crippen molar-refractivity contribution >= 4 is 27.7 Å². The molecule has 3 aromatic rings. The number of aromatic nitrogens is 2. The lowest BCUT2D eigenvalue weighted by Crippen LogP contribution is -2.07. The van der Waals surface area contributed by atoms with Crippen molar-refractivity contribution in [1.29, 1.82) is 0 Å². The summed E-state index contributed by atoms with van der Waals surface area (Å²) >= 11 is 6.31. The van der Waals surface area contributed by atoms with Gasteiger partial charge in [0.15, 0.2) is 9.84 Å². The first-order valence-electron chi connectivity index (χ1n) is 9.18. The molecule has 4 rings (SSSR count). The molecule has 2 heterocycles. The monoisotopic (exact) mass is 429 g/mol. The SMILES string of the molecule is COc1ccc(-c2nn(-c3ccccc3)cc2C=N[C@H]2CCS(=O)(=O)C2)cc1Cl.